The van der Waals surface area contributed by atoms with E-state index in [0.717, 1.165) is 50.5 Å². The molecular weight excluding hydrogens is 392 g/mol. The van der Waals surface area contributed by atoms with Gasteiger partial charge in [-0.05, 0) is 98.7 Å². The number of fused-ring (bicyclic) bond motifs is 5. The highest BCUT2D eigenvalue weighted by atomic mass is 16.4. The zero-order valence-corrected chi connectivity index (χ0v) is 18.7. The van der Waals surface area contributed by atoms with Gasteiger partial charge in [0, 0.05) is 5.41 Å². The van der Waals surface area contributed by atoms with Crippen molar-refractivity contribution in [2.75, 3.05) is 0 Å². The lowest BCUT2D eigenvalue weighted by Gasteiger charge is -2.64. The molecule has 4 saturated carbocycles. The molecule has 0 heterocycles. The summed E-state index contributed by atoms with van der Waals surface area (Å²) in [6, 6.07) is 6.57. The third-order valence-corrected chi connectivity index (χ3v) is 10.6. The maximum absolute atomic E-state index is 12.3. The first-order chi connectivity index (χ1) is 14.6. The fourth-order valence-electron chi connectivity index (χ4n) is 8.57. The molecule has 0 bridgehead atoms. The SMILES string of the molecule is C[C@]12CC[C@H](O)C[C@H]1CC[C@@H]1[C@@H]2CC[C@]2(C)[C@@](O)(c3ccc(C(=O)O)cc3)CC[C@]12O. The number of rotatable bonds is 2. The van der Waals surface area contributed by atoms with E-state index < -0.39 is 22.6 Å². The number of aromatic carboxylic acids is 1. The Bertz CT molecular complexity index is 882. The molecule has 1 aromatic carbocycles. The molecule has 31 heavy (non-hydrogen) atoms. The summed E-state index contributed by atoms with van der Waals surface area (Å²) in [6.07, 6.45) is 7.39. The second kappa shape index (κ2) is 6.79. The Kier molecular flexibility index (Phi) is 4.69. The number of benzene rings is 1. The first-order valence-corrected chi connectivity index (χ1v) is 12.0. The van der Waals surface area contributed by atoms with Gasteiger partial charge in [0.1, 0.15) is 0 Å². The van der Waals surface area contributed by atoms with Gasteiger partial charge in [0.2, 0.25) is 0 Å². The van der Waals surface area contributed by atoms with Crippen LogP contribution >= 0.6 is 0 Å². The molecule has 0 saturated heterocycles. The highest BCUT2D eigenvalue weighted by Crippen LogP contribution is 2.71. The molecule has 0 aromatic heterocycles. The van der Waals surface area contributed by atoms with Crippen molar-refractivity contribution in [2.45, 2.75) is 88.9 Å². The van der Waals surface area contributed by atoms with Crippen molar-refractivity contribution < 1.29 is 25.2 Å². The summed E-state index contributed by atoms with van der Waals surface area (Å²) in [5.41, 5.74) is -1.67. The van der Waals surface area contributed by atoms with Crippen LogP contribution in [0.15, 0.2) is 24.3 Å². The molecule has 4 aliphatic carbocycles. The van der Waals surface area contributed by atoms with E-state index in [2.05, 4.69) is 13.8 Å². The number of aliphatic hydroxyl groups is 3. The minimum atomic E-state index is -1.16. The normalized spacial score (nSPS) is 49.1. The molecule has 5 heteroatoms. The number of aliphatic hydroxyl groups excluding tert-OH is 1. The molecule has 0 unspecified atom stereocenters. The van der Waals surface area contributed by atoms with Gasteiger partial charge < -0.3 is 20.4 Å². The summed E-state index contributed by atoms with van der Waals surface area (Å²) in [6.45, 7) is 4.44. The summed E-state index contributed by atoms with van der Waals surface area (Å²) in [5, 5.41) is 43.7. The van der Waals surface area contributed by atoms with Gasteiger partial charge in [0.25, 0.3) is 0 Å². The Hall–Kier alpha value is -1.43. The Balaban J connectivity index is 1.49. The van der Waals surface area contributed by atoms with E-state index in [-0.39, 0.29) is 23.0 Å². The maximum atomic E-state index is 12.3. The van der Waals surface area contributed by atoms with Crippen molar-refractivity contribution in [3.8, 4) is 0 Å². The molecule has 4 aliphatic rings. The van der Waals surface area contributed by atoms with E-state index in [1.807, 2.05) is 0 Å². The Labute approximate surface area is 184 Å². The van der Waals surface area contributed by atoms with Crippen molar-refractivity contribution in [3.63, 3.8) is 0 Å². The largest absolute Gasteiger partial charge is 0.478 e. The van der Waals surface area contributed by atoms with Crippen LogP contribution in [0.25, 0.3) is 0 Å². The molecule has 8 atom stereocenters. The Morgan fingerprint density at radius 2 is 1.61 bits per heavy atom. The minimum Gasteiger partial charge on any atom is -0.478 e. The fourth-order valence-corrected chi connectivity index (χ4v) is 8.57. The number of carboxylic acids is 1. The quantitative estimate of drug-likeness (QED) is 0.569. The van der Waals surface area contributed by atoms with E-state index in [1.165, 1.54) is 0 Å². The Morgan fingerprint density at radius 1 is 0.903 bits per heavy atom. The predicted molar refractivity (Wildman–Crippen MR) is 116 cm³/mol. The molecule has 0 amide bonds. The summed E-state index contributed by atoms with van der Waals surface area (Å²) in [5.74, 6) is 0.133. The minimum absolute atomic E-state index is 0.156. The summed E-state index contributed by atoms with van der Waals surface area (Å²) < 4.78 is 0. The number of carbonyl (C=O) groups is 1. The predicted octanol–water partition coefficient (Wildman–Crippen LogP) is 4.09. The van der Waals surface area contributed by atoms with Crippen LogP contribution in [0, 0.1) is 28.6 Å². The van der Waals surface area contributed by atoms with Crippen molar-refractivity contribution >= 4 is 5.97 Å². The van der Waals surface area contributed by atoms with Gasteiger partial charge in [-0.3, -0.25) is 0 Å². The van der Waals surface area contributed by atoms with E-state index in [0.29, 0.717) is 24.7 Å². The highest BCUT2D eigenvalue weighted by molar-refractivity contribution is 5.87. The van der Waals surface area contributed by atoms with Gasteiger partial charge in [-0.2, -0.15) is 0 Å². The number of carboxylic acid groups (broad SMARTS) is 1. The smallest absolute Gasteiger partial charge is 0.335 e. The molecule has 0 aliphatic heterocycles. The van der Waals surface area contributed by atoms with Crippen LogP contribution < -0.4 is 0 Å². The summed E-state index contributed by atoms with van der Waals surface area (Å²) >= 11 is 0. The molecular formula is C26H36O5. The van der Waals surface area contributed by atoms with Crippen LogP contribution in [-0.4, -0.2) is 38.1 Å². The van der Waals surface area contributed by atoms with Crippen LogP contribution in [0.5, 0.6) is 0 Å². The second-order valence-electron chi connectivity index (χ2n) is 11.5. The van der Waals surface area contributed by atoms with Gasteiger partial charge in [0.15, 0.2) is 0 Å². The van der Waals surface area contributed by atoms with Crippen LogP contribution in [0.4, 0.5) is 0 Å². The lowest BCUT2D eigenvalue weighted by molar-refractivity contribution is -0.238. The van der Waals surface area contributed by atoms with Gasteiger partial charge in [0.05, 0.1) is 22.9 Å². The third kappa shape index (κ3) is 2.69. The van der Waals surface area contributed by atoms with Crippen molar-refractivity contribution in [3.05, 3.63) is 35.4 Å². The van der Waals surface area contributed by atoms with Crippen LogP contribution in [0.2, 0.25) is 0 Å². The summed E-state index contributed by atoms with van der Waals surface area (Å²) in [4.78, 5) is 11.3. The van der Waals surface area contributed by atoms with Crippen LogP contribution in [0.3, 0.4) is 0 Å². The van der Waals surface area contributed by atoms with E-state index in [1.54, 1.807) is 24.3 Å². The fraction of sp³-hybridized carbons (Fsp3) is 0.731. The molecule has 1 aromatic rings. The number of hydrogen-bond acceptors (Lipinski definition) is 4. The lowest BCUT2D eigenvalue weighted by Crippen LogP contribution is -2.64. The standard InChI is InChI=1S/C26H36O5/c1-23-11-9-19(27)15-18(23)7-8-21-20(23)10-12-24(2)25(30,13-14-26(21,24)31)17-5-3-16(4-6-17)22(28)29/h3-6,18-21,27,30-31H,7-15H2,1-2H3,(H,28,29)/t18-,19+,20+,21-,23+,24-,25+,26+/m1/s1. The molecule has 0 radical (unpaired) electrons. The topological polar surface area (TPSA) is 98.0 Å². The van der Waals surface area contributed by atoms with Crippen molar-refractivity contribution in [1.82, 2.24) is 0 Å². The maximum Gasteiger partial charge on any atom is 0.335 e. The molecule has 170 valence electrons. The third-order valence-electron chi connectivity index (χ3n) is 10.6. The average Bonchev–Trinajstić information content (AvgIpc) is 2.96. The highest BCUT2D eigenvalue weighted by Gasteiger charge is 2.71. The molecule has 5 rings (SSSR count). The van der Waals surface area contributed by atoms with Crippen LogP contribution in [-0.2, 0) is 5.60 Å². The lowest BCUT2D eigenvalue weighted by atomic mass is 9.43. The average molecular weight is 429 g/mol. The molecule has 4 N–H and O–H groups in total. The van der Waals surface area contributed by atoms with Crippen LogP contribution in [0.1, 0.15) is 87.6 Å². The van der Waals surface area contributed by atoms with Crippen molar-refractivity contribution in [1.29, 1.82) is 0 Å². The van der Waals surface area contributed by atoms with Gasteiger partial charge in [-0.1, -0.05) is 26.0 Å². The van der Waals surface area contributed by atoms with Gasteiger partial charge in [-0.15, -0.1) is 0 Å². The van der Waals surface area contributed by atoms with E-state index in [9.17, 15) is 25.2 Å². The van der Waals surface area contributed by atoms with Crippen molar-refractivity contribution in [2.24, 2.45) is 28.6 Å². The molecule has 0 spiro atoms. The molecule has 5 nitrogen and oxygen atoms in total. The summed E-state index contributed by atoms with van der Waals surface area (Å²) in [7, 11) is 0. The van der Waals surface area contributed by atoms with E-state index >= 15 is 0 Å². The van der Waals surface area contributed by atoms with Gasteiger partial charge >= 0.3 is 5.97 Å². The van der Waals surface area contributed by atoms with Gasteiger partial charge in [-0.25, -0.2) is 4.79 Å². The first kappa shape index (κ1) is 21.4. The zero-order chi connectivity index (χ0) is 22.2. The van der Waals surface area contributed by atoms with E-state index in [4.69, 9.17) is 0 Å². The monoisotopic (exact) mass is 428 g/mol. The molecule has 4 fully saturated rings. The Morgan fingerprint density at radius 3 is 2.29 bits per heavy atom. The first-order valence-electron chi connectivity index (χ1n) is 12.0. The zero-order valence-electron chi connectivity index (χ0n) is 18.7. The number of hydrogen-bond donors (Lipinski definition) is 4. The second-order valence-corrected chi connectivity index (χ2v) is 11.5.